The maximum atomic E-state index is 12.4. The molecule has 34 heavy (non-hydrogen) atoms. The molecule has 1 atom stereocenters. The van der Waals surface area contributed by atoms with Crippen LogP contribution in [-0.2, 0) is 11.3 Å². The number of alkyl halides is 2. The summed E-state index contributed by atoms with van der Waals surface area (Å²) in [6, 6.07) is 5.37. The second kappa shape index (κ2) is 14.2. The number of nitrogens with zero attached hydrogens (tertiary/aromatic N) is 2. The Labute approximate surface area is 203 Å². The molecular weight excluding hydrogens is 462 g/mol. The average Bonchev–Trinajstić information content (AvgIpc) is 3.22. The highest BCUT2D eigenvalue weighted by Gasteiger charge is 2.21. The summed E-state index contributed by atoms with van der Waals surface area (Å²) >= 11 is 5.99. The van der Waals surface area contributed by atoms with Gasteiger partial charge in [-0.2, -0.15) is 13.9 Å². The zero-order valence-corrected chi connectivity index (χ0v) is 20.0. The van der Waals surface area contributed by atoms with E-state index in [1.807, 2.05) is 32.3 Å². The van der Waals surface area contributed by atoms with E-state index in [0.29, 0.717) is 28.4 Å². The summed E-state index contributed by atoms with van der Waals surface area (Å²) in [4.78, 5) is 15.5. The molecule has 2 N–H and O–H groups in total. The fourth-order valence-corrected chi connectivity index (χ4v) is 3.49. The molecule has 1 aliphatic carbocycles. The predicted molar refractivity (Wildman–Crippen MR) is 133 cm³/mol. The normalized spacial score (nSPS) is 18.2. The zero-order valence-electron chi connectivity index (χ0n) is 19.2. The molecule has 4 rings (SSSR count). The van der Waals surface area contributed by atoms with E-state index in [4.69, 9.17) is 11.6 Å². The molecule has 0 bridgehead atoms. The lowest BCUT2D eigenvalue weighted by atomic mass is 10.0. The highest BCUT2D eigenvalue weighted by molar-refractivity contribution is 6.30. The van der Waals surface area contributed by atoms with Gasteiger partial charge in [0.05, 0.1) is 18.0 Å². The average molecular weight is 491 g/mol. The van der Waals surface area contributed by atoms with Crippen molar-refractivity contribution in [2.45, 2.75) is 52.4 Å². The summed E-state index contributed by atoms with van der Waals surface area (Å²) in [7, 11) is 0. The molecule has 1 unspecified atom stereocenters. The number of ether oxygens (including phenoxy) is 1. The largest absolute Gasteiger partial charge is 0.348 e. The van der Waals surface area contributed by atoms with Crippen molar-refractivity contribution in [3.8, 4) is 0 Å². The second-order valence-corrected chi connectivity index (χ2v) is 7.54. The number of hydrogen-bond donors (Lipinski definition) is 2. The van der Waals surface area contributed by atoms with Gasteiger partial charge >= 0.3 is 6.61 Å². The minimum Gasteiger partial charge on any atom is -0.348 e. The summed E-state index contributed by atoms with van der Waals surface area (Å²) in [5.74, 6) is -0.107. The molecule has 1 aromatic rings. The minimum absolute atomic E-state index is 0.107. The summed E-state index contributed by atoms with van der Waals surface area (Å²) in [5, 5.41) is 7.26. The van der Waals surface area contributed by atoms with E-state index in [-0.39, 0.29) is 12.3 Å². The number of carbonyl (C=O) groups is 1. The van der Waals surface area contributed by atoms with E-state index in [2.05, 4.69) is 38.2 Å². The lowest BCUT2D eigenvalue weighted by Crippen LogP contribution is -2.19. The monoisotopic (exact) mass is 490 g/mol. The molecule has 0 spiro atoms. The number of amides is 1. The number of hydrazone groups is 1. The van der Waals surface area contributed by atoms with Gasteiger partial charge in [0.15, 0.2) is 0 Å². The number of hydrogen-bond acceptors (Lipinski definition) is 5. The SMILES string of the molecule is C1=CN=CCC1.C=C(N/N=C/c1cccc2c1CNC2=O)C1=CC(OC(F)F)CC(Cl)=C1.CC. The van der Waals surface area contributed by atoms with E-state index in [0.717, 1.165) is 17.5 Å². The third-order valence-electron chi connectivity index (χ3n) is 4.74. The third kappa shape index (κ3) is 8.35. The van der Waals surface area contributed by atoms with E-state index in [9.17, 15) is 13.6 Å². The van der Waals surface area contributed by atoms with Gasteiger partial charge in [-0.1, -0.05) is 50.2 Å². The standard InChI is InChI=1S/C18H16ClF2N3O2.C5H7N.C2H6/c1-10(12-5-13(19)7-14(6-12)26-18(20)21)24-23-8-11-3-2-4-15-16(11)9-22-17(15)25;1-2-4-6-5-3-1;1-2/h2-6,8,14,18,24H,1,7,9H2,(H,22,25);2,4-5H,1,3H2;1-2H3/b23-8+;;. The first-order chi connectivity index (χ1) is 16.4. The van der Waals surface area contributed by atoms with Gasteiger partial charge in [-0.05, 0) is 42.2 Å². The van der Waals surface area contributed by atoms with Crippen LogP contribution in [0, 0.1) is 0 Å². The molecule has 1 aromatic carbocycles. The van der Waals surface area contributed by atoms with Crippen molar-refractivity contribution < 1.29 is 18.3 Å². The van der Waals surface area contributed by atoms with Crippen molar-refractivity contribution in [1.29, 1.82) is 0 Å². The molecule has 182 valence electrons. The molecule has 9 heteroatoms. The van der Waals surface area contributed by atoms with E-state index in [1.165, 1.54) is 12.5 Å². The highest BCUT2D eigenvalue weighted by atomic mass is 35.5. The molecule has 2 aliphatic heterocycles. The smallest absolute Gasteiger partial charge is 0.345 e. The number of fused-ring (bicyclic) bond motifs is 1. The molecule has 3 aliphatic rings. The molecule has 6 nitrogen and oxygen atoms in total. The highest BCUT2D eigenvalue weighted by Crippen LogP contribution is 2.26. The number of aliphatic imine (C=N–C) groups is 1. The van der Waals surface area contributed by atoms with Gasteiger partial charge in [-0.3, -0.25) is 15.2 Å². The molecule has 2 heterocycles. The summed E-state index contributed by atoms with van der Waals surface area (Å²) in [5.41, 5.74) is 5.97. The van der Waals surface area contributed by atoms with Crippen molar-refractivity contribution in [1.82, 2.24) is 10.7 Å². The second-order valence-electron chi connectivity index (χ2n) is 7.05. The Kier molecular flexibility index (Phi) is 11.4. The first kappa shape index (κ1) is 27.1. The Morgan fingerprint density at radius 1 is 1.38 bits per heavy atom. The summed E-state index contributed by atoms with van der Waals surface area (Å²) in [6.45, 7) is 5.41. The van der Waals surface area contributed by atoms with Gasteiger partial charge < -0.3 is 10.1 Å². The van der Waals surface area contributed by atoms with Gasteiger partial charge in [0.1, 0.15) is 0 Å². The van der Waals surface area contributed by atoms with Crippen LogP contribution >= 0.6 is 11.6 Å². The van der Waals surface area contributed by atoms with Crippen molar-refractivity contribution in [3.63, 3.8) is 0 Å². The Morgan fingerprint density at radius 3 is 2.79 bits per heavy atom. The molecule has 1 amide bonds. The van der Waals surface area contributed by atoms with Crippen molar-refractivity contribution in [2.75, 3.05) is 0 Å². The minimum atomic E-state index is -2.88. The molecule has 0 aromatic heterocycles. The number of carbonyl (C=O) groups excluding carboxylic acids is 1. The van der Waals surface area contributed by atoms with Crippen LogP contribution in [0.3, 0.4) is 0 Å². The van der Waals surface area contributed by atoms with E-state index >= 15 is 0 Å². The van der Waals surface area contributed by atoms with Crippen molar-refractivity contribution in [3.05, 3.63) is 82.2 Å². The topological polar surface area (TPSA) is 75.1 Å². The lowest BCUT2D eigenvalue weighted by molar-refractivity contribution is -0.149. The quantitative estimate of drug-likeness (QED) is 0.390. The number of halogens is 3. The van der Waals surface area contributed by atoms with Gasteiger partial charge in [0.2, 0.25) is 0 Å². The Bertz CT molecular complexity index is 1000. The first-order valence-corrected chi connectivity index (χ1v) is 11.4. The third-order valence-corrected chi connectivity index (χ3v) is 5.01. The van der Waals surface area contributed by atoms with Crippen LogP contribution in [0.5, 0.6) is 0 Å². The Morgan fingerprint density at radius 2 is 2.18 bits per heavy atom. The lowest BCUT2D eigenvalue weighted by Gasteiger charge is -2.20. The van der Waals surface area contributed by atoms with Gasteiger partial charge in [0, 0.05) is 41.5 Å². The number of benzene rings is 1. The van der Waals surface area contributed by atoms with Crippen LogP contribution in [0.4, 0.5) is 8.78 Å². The Hall–Kier alpha value is -3.10. The fourth-order valence-electron chi connectivity index (χ4n) is 3.22. The van der Waals surface area contributed by atoms with Crippen LogP contribution in [-0.4, -0.2) is 31.1 Å². The summed E-state index contributed by atoms with van der Waals surface area (Å²) in [6.07, 6.45) is 12.2. The summed E-state index contributed by atoms with van der Waals surface area (Å²) < 4.78 is 29.3. The van der Waals surface area contributed by atoms with E-state index in [1.54, 1.807) is 24.4 Å². The van der Waals surface area contributed by atoms with Gasteiger partial charge in [0.25, 0.3) is 5.91 Å². The van der Waals surface area contributed by atoms with Crippen molar-refractivity contribution in [2.24, 2.45) is 10.1 Å². The van der Waals surface area contributed by atoms with Crippen LogP contribution in [0.2, 0.25) is 0 Å². The zero-order chi connectivity index (χ0) is 24.9. The Balaban J connectivity index is 0.000000437. The number of rotatable bonds is 6. The van der Waals surface area contributed by atoms with Crippen LogP contribution in [0.25, 0.3) is 0 Å². The van der Waals surface area contributed by atoms with Crippen molar-refractivity contribution >= 4 is 29.9 Å². The van der Waals surface area contributed by atoms with Crippen LogP contribution < -0.4 is 10.7 Å². The van der Waals surface area contributed by atoms with Crippen LogP contribution in [0.1, 0.15) is 54.6 Å². The molecule has 0 saturated heterocycles. The molecular formula is C25H29ClF2N4O2. The van der Waals surface area contributed by atoms with E-state index < -0.39 is 12.7 Å². The maximum Gasteiger partial charge on any atom is 0.345 e. The van der Waals surface area contributed by atoms with Crippen LogP contribution in [0.15, 0.2) is 75.6 Å². The number of allylic oxidation sites excluding steroid dienone is 2. The molecule has 0 radical (unpaired) electrons. The van der Waals surface area contributed by atoms with Gasteiger partial charge in [-0.15, -0.1) is 0 Å². The van der Waals surface area contributed by atoms with Gasteiger partial charge in [-0.25, -0.2) is 0 Å². The number of nitrogens with one attached hydrogen (secondary N) is 2. The fraction of sp³-hybridized carbons (Fsp3) is 0.320. The predicted octanol–water partition coefficient (Wildman–Crippen LogP) is 5.82. The molecule has 0 saturated carbocycles. The first-order valence-electron chi connectivity index (χ1n) is 11.0. The molecule has 0 fully saturated rings. The maximum absolute atomic E-state index is 12.4.